The maximum absolute atomic E-state index is 12.9. The van der Waals surface area contributed by atoms with E-state index < -0.39 is 4.92 Å². The fourth-order valence-corrected chi connectivity index (χ4v) is 4.86. The van der Waals surface area contributed by atoms with Crippen LogP contribution < -0.4 is 20.7 Å². The molecule has 1 amide bonds. The number of benzene rings is 3. The average molecular weight is 503 g/mol. The number of carbonyl (C=O) groups is 1. The molecule has 9 heteroatoms. The maximum atomic E-state index is 12.9. The van der Waals surface area contributed by atoms with Crippen molar-refractivity contribution in [1.29, 1.82) is 0 Å². The summed E-state index contributed by atoms with van der Waals surface area (Å²) in [7, 11) is 1.41. The number of amides is 1. The monoisotopic (exact) mass is 502 g/mol. The quantitative estimate of drug-likeness (QED) is 0.212. The lowest BCUT2D eigenvalue weighted by Crippen LogP contribution is -2.22. The van der Waals surface area contributed by atoms with Crippen LogP contribution in [0.4, 0.5) is 22.7 Å². The van der Waals surface area contributed by atoms with Crippen LogP contribution in [0, 0.1) is 16.0 Å². The molecule has 37 heavy (non-hydrogen) atoms. The molecular weight excluding hydrogens is 472 g/mol. The van der Waals surface area contributed by atoms with Gasteiger partial charge in [0.1, 0.15) is 0 Å². The summed E-state index contributed by atoms with van der Waals surface area (Å²) in [6, 6.07) is 16.2. The van der Waals surface area contributed by atoms with Crippen LogP contribution in [0.5, 0.6) is 5.75 Å². The molecule has 0 aromatic heterocycles. The van der Waals surface area contributed by atoms with Gasteiger partial charge in [0.25, 0.3) is 5.91 Å². The van der Waals surface area contributed by atoms with Crippen LogP contribution in [0.3, 0.4) is 0 Å². The van der Waals surface area contributed by atoms with Crippen molar-refractivity contribution in [3.63, 3.8) is 0 Å². The maximum Gasteiger partial charge on any atom is 0.310 e. The van der Waals surface area contributed by atoms with Gasteiger partial charge in [-0.25, -0.2) is 0 Å². The summed E-state index contributed by atoms with van der Waals surface area (Å²) < 4.78 is 10.7. The number of hydrogen-bond donors (Lipinski definition) is 3. The van der Waals surface area contributed by atoms with Gasteiger partial charge in [0, 0.05) is 25.8 Å². The van der Waals surface area contributed by atoms with E-state index in [1.807, 2.05) is 30.3 Å². The summed E-state index contributed by atoms with van der Waals surface area (Å²) in [5.41, 5.74) is 5.29. The fraction of sp³-hybridized carbons (Fsp3) is 0.321. The second-order valence-corrected chi connectivity index (χ2v) is 9.38. The largest absolute Gasteiger partial charge is 0.490 e. The minimum atomic E-state index is -0.472. The highest BCUT2D eigenvalue weighted by Crippen LogP contribution is 2.37. The van der Waals surface area contributed by atoms with Crippen LogP contribution in [-0.4, -0.2) is 37.7 Å². The summed E-state index contributed by atoms with van der Waals surface area (Å²) in [5.74, 6) is 0.713. The number of fused-ring (bicyclic) bond motifs is 2. The zero-order valence-electron chi connectivity index (χ0n) is 20.7. The number of anilines is 3. The topological polar surface area (TPSA) is 115 Å². The van der Waals surface area contributed by atoms with Gasteiger partial charge in [-0.2, -0.15) is 0 Å². The van der Waals surface area contributed by atoms with Crippen LogP contribution in [0.2, 0.25) is 0 Å². The number of hydrogen-bond acceptors (Lipinski definition) is 7. The Kier molecular flexibility index (Phi) is 7.34. The lowest BCUT2D eigenvalue weighted by molar-refractivity contribution is -0.385. The van der Waals surface area contributed by atoms with E-state index in [2.05, 4.69) is 16.0 Å². The molecule has 2 aliphatic heterocycles. The molecule has 192 valence electrons. The smallest absolute Gasteiger partial charge is 0.310 e. The molecule has 1 fully saturated rings. The van der Waals surface area contributed by atoms with Gasteiger partial charge >= 0.3 is 5.69 Å². The molecule has 2 aliphatic rings. The van der Waals surface area contributed by atoms with Crippen LogP contribution in [0.1, 0.15) is 35.2 Å². The predicted octanol–water partition coefficient (Wildman–Crippen LogP) is 5.49. The van der Waals surface area contributed by atoms with E-state index in [-0.39, 0.29) is 17.3 Å². The van der Waals surface area contributed by atoms with E-state index in [0.29, 0.717) is 16.9 Å². The van der Waals surface area contributed by atoms with E-state index in [1.165, 1.54) is 13.2 Å². The summed E-state index contributed by atoms with van der Waals surface area (Å²) in [6.07, 6.45) is 3.42. The first kappa shape index (κ1) is 24.7. The Morgan fingerprint density at radius 2 is 1.78 bits per heavy atom. The number of nitrogens with one attached hydrogen (secondary N) is 3. The van der Waals surface area contributed by atoms with E-state index >= 15 is 0 Å². The Balaban J connectivity index is 1.33. The van der Waals surface area contributed by atoms with Crippen molar-refractivity contribution in [3.05, 3.63) is 75.8 Å². The zero-order valence-corrected chi connectivity index (χ0v) is 20.7. The second kappa shape index (κ2) is 11.0. The number of nitro benzene ring substituents is 1. The van der Waals surface area contributed by atoms with Crippen molar-refractivity contribution in [1.82, 2.24) is 5.32 Å². The average Bonchev–Trinajstić information content (AvgIpc) is 3.06. The highest BCUT2D eigenvalue weighted by Gasteiger charge is 2.21. The van der Waals surface area contributed by atoms with Gasteiger partial charge in [0.15, 0.2) is 5.75 Å². The van der Waals surface area contributed by atoms with Crippen LogP contribution >= 0.6 is 0 Å². The molecule has 0 atom stereocenters. The minimum absolute atomic E-state index is 0.0960. The summed E-state index contributed by atoms with van der Waals surface area (Å²) in [4.78, 5) is 23.7. The Morgan fingerprint density at radius 1 is 1.00 bits per heavy atom. The van der Waals surface area contributed by atoms with Gasteiger partial charge in [-0.05, 0) is 84.8 Å². The third-order valence-corrected chi connectivity index (χ3v) is 6.97. The van der Waals surface area contributed by atoms with Crippen molar-refractivity contribution in [2.45, 2.75) is 25.8 Å². The molecule has 1 saturated heterocycles. The minimum Gasteiger partial charge on any atom is -0.490 e. The van der Waals surface area contributed by atoms with Gasteiger partial charge in [0.05, 0.1) is 34.7 Å². The van der Waals surface area contributed by atoms with Crippen LogP contribution in [0.25, 0.3) is 11.1 Å². The van der Waals surface area contributed by atoms with Crippen LogP contribution in [-0.2, 0) is 11.3 Å². The molecule has 2 heterocycles. The highest BCUT2D eigenvalue weighted by atomic mass is 16.6. The molecule has 0 aliphatic carbocycles. The Labute approximate surface area is 215 Å². The number of nitro groups is 1. The summed E-state index contributed by atoms with van der Waals surface area (Å²) in [5, 5.41) is 21.2. The number of rotatable bonds is 8. The highest BCUT2D eigenvalue weighted by molar-refractivity contribution is 6.12. The first-order chi connectivity index (χ1) is 18.0. The summed E-state index contributed by atoms with van der Waals surface area (Å²) >= 11 is 0. The van der Waals surface area contributed by atoms with Gasteiger partial charge in [0.2, 0.25) is 0 Å². The first-order valence-corrected chi connectivity index (χ1v) is 12.5. The molecule has 0 spiro atoms. The molecule has 0 saturated carbocycles. The lowest BCUT2D eigenvalue weighted by atomic mass is 9.97. The van der Waals surface area contributed by atoms with Gasteiger partial charge < -0.3 is 25.4 Å². The Morgan fingerprint density at radius 3 is 2.57 bits per heavy atom. The zero-order chi connectivity index (χ0) is 25.8. The van der Waals surface area contributed by atoms with Crippen molar-refractivity contribution in [2.75, 3.05) is 37.5 Å². The number of methoxy groups -OCH3 is 1. The molecule has 9 nitrogen and oxygen atoms in total. The molecule has 3 aromatic carbocycles. The SMILES string of the molecule is COc1cc(-c2ccc3c(c2)Nc2cc(CNCCC4CCOCC4)ccc2NC3=O)ccc1[N+](=O)[O-]. The number of ether oxygens (including phenoxy) is 2. The van der Waals surface area contributed by atoms with E-state index in [1.54, 1.807) is 18.2 Å². The van der Waals surface area contributed by atoms with Crippen molar-refractivity contribution < 1.29 is 19.2 Å². The Bertz CT molecular complexity index is 1320. The van der Waals surface area contributed by atoms with E-state index in [4.69, 9.17) is 9.47 Å². The molecule has 0 bridgehead atoms. The number of carbonyl (C=O) groups excluding carboxylic acids is 1. The van der Waals surface area contributed by atoms with E-state index in [0.717, 1.165) is 73.9 Å². The second-order valence-electron chi connectivity index (χ2n) is 9.38. The van der Waals surface area contributed by atoms with Crippen molar-refractivity contribution in [3.8, 4) is 16.9 Å². The molecule has 3 N–H and O–H groups in total. The fourth-order valence-electron chi connectivity index (χ4n) is 4.86. The van der Waals surface area contributed by atoms with Crippen molar-refractivity contribution >= 4 is 28.7 Å². The summed E-state index contributed by atoms with van der Waals surface area (Å²) in [6.45, 7) is 3.43. The third-order valence-electron chi connectivity index (χ3n) is 6.97. The number of nitrogens with zero attached hydrogens (tertiary/aromatic N) is 1. The molecule has 0 radical (unpaired) electrons. The standard InChI is InChI=1S/C28H30N4O5/c1-36-27-16-21(4-7-26(27)32(34)35)20-3-5-22-24(15-20)30-25-14-19(2-6-23(25)31-28(22)33)17-29-11-8-18-9-12-37-13-10-18/h2-7,14-16,18,29-30H,8-13,17H2,1H3,(H,31,33). The van der Waals surface area contributed by atoms with Gasteiger partial charge in [-0.3, -0.25) is 14.9 Å². The normalized spacial score (nSPS) is 15.1. The third kappa shape index (κ3) is 5.58. The molecule has 0 unspecified atom stereocenters. The van der Waals surface area contributed by atoms with E-state index in [9.17, 15) is 14.9 Å². The Hall–Kier alpha value is -3.95. The first-order valence-electron chi connectivity index (χ1n) is 12.5. The van der Waals surface area contributed by atoms with Gasteiger partial charge in [-0.1, -0.05) is 12.1 Å². The molecule has 3 aromatic rings. The molecular formula is C28H30N4O5. The van der Waals surface area contributed by atoms with Gasteiger partial charge in [-0.15, -0.1) is 0 Å². The lowest BCUT2D eigenvalue weighted by Gasteiger charge is -2.22. The predicted molar refractivity (Wildman–Crippen MR) is 143 cm³/mol. The van der Waals surface area contributed by atoms with Crippen molar-refractivity contribution in [2.24, 2.45) is 5.92 Å². The molecule has 5 rings (SSSR count). The van der Waals surface area contributed by atoms with Crippen LogP contribution in [0.15, 0.2) is 54.6 Å².